The minimum absolute atomic E-state index is 0.241. The van der Waals surface area contributed by atoms with Crippen LogP contribution in [0.25, 0.3) is 16.8 Å². The van der Waals surface area contributed by atoms with Crippen molar-refractivity contribution in [3.63, 3.8) is 0 Å². The lowest BCUT2D eigenvalue weighted by Crippen LogP contribution is -2.50. The molecule has 9 nitrogen and oxygen atoms in total. The van der Waals surface area contributed by atoms with Crippen LogP contribution in [0.5, 0.6) is 0 Å². The Hall–Kier alpha value is -3.62. The van der Waals surface area contributed by atoms with Gasteiger partial charge in [0.05, 0.1) is 19.0 Å². The quantitative estimate of drug-likeness (QED) is 0.506. The van der Waals surface area contributed by atoms with E-state index in [1.54, 1.807) is 15.6 Å². The lowest BCUT2D eigenvalue weighted by molar-refractivity contribution is 0.0240. The molecule has 0 N–H and O–H groups in total. The summed E-state index contributed by atoms with van der Waals surface area (Å²) in [5, 5.41) is 4.46. The first-order chi connectivity index (χ1) is 16.7. The fourth-order valence-corrected chi connectivity index (χ4v) is 3.82. The van der Waals surface area contributed by atoms with E-state index in [-0.39, 0.29) is 11.8 Å². The SMILES string of the molecule is CC.COC(=O)c1nn2c(C)cnc2cc1-c1ccc(N2CCN(C(=O)OC(C)(C)C)CC2)cc1. The molecular formula is C26H35N5O4. The molecule has 0 unspecified atom stereocenters. The van der Waals surface area contributed by atoms with Crippen molar-refractivity contribution in [1.82, 2.24) is 19.5 Å². The van der Waals surface area contributed by atoms with Gasteiger partial charge in [0.15, 0.2) is 11.3 Å². The average Bonchev–Trinajstić information content (AvgIpc) is 3.23. The predicted molar refractivity (Wildman–Crippen MR) is 136 cm³/mol. The number of hydrogen-bond acceptors (Lipinski definition) is 7. The Morgan fingerprint density at radius 2 is 1.63 bits per heavy atom. The number of carbonyl (C=O) groups is 2. The van der Waals surface area contributed by atoms with Crippen LogP contribution in [-0.4, -0.2) is 70.5 Å². The molecule has 0 spiro atoms. The molecule has 2 aromatic heterocycles. The van der Waals surface area contributed by atoms with Crippen LogP contribution in [0.1, 0.15) is 50.8 Å². The van der Waals surface area contributed by atoms with Crippen LogP contribution in [0.4, 0.5) is 10.5 Å². The first kappa shape index (κ1) is 26.0. The lowest BCUT2D eigenvalue weighted by atomic mass is 10.0. The van der Waals surface area contributed by atoms with Crippen molar-refractivity contribution in [3.8, 4) is 11.1 Å². The number of nitrogens with zero attached hydrogens (tertiary/aromatic N) is 5. The second-order valence-electron chi connectivity index (χ2n) is 9.07. The van der Waals surface area contributed by atoms with E-state index in [0.717, 1.165) is 16.9 Å². The van der Waals surface area contributed by atoms with Gasteiger partial charge in [-0.05, 0) is 51.5 Å². The number of anilines is 1. The largest absolute Gasteiger partial charge is 0.464 e. The number of amides is 1. The van der Waals surface area contributed by atoms with Gasteiger partial charge in [0.1, 0.15) is 5.60 Å². The van der Waals surface area contributed by atoms with Crippen molar-refractivity contribution >= 4 is 23.4 Å². The van der Waals surface area contributed by atoms with Crippen molar-refractivity contribution in [3.05, 3.63) is 47.9 Å². The van der Waals surface area contributed by atoms with E-state index in [4.69, 9.17) is 9.47 Å². The fraction of sp³-hybridized carbons (Fsp3) is 0.462. The summed E-state index contributed by atoms with van der Waals surface area (Å²) >= 11 is 0. The minimum Gasteiger partial charge on any atom is -0.464 e. The van der Waals surface area contributed by atoms with Gasteiger partial charge < -0.3 is 19.3 Å². The molecule has 1 aliphatic rings. The van der Waals surface area contributed by atoms with Crippen LogP contribution in [0.3, 0.4) is 0 Å². The number of ether oxygens (including phenoxy) is 2. The van der Waals surface area contributed by atoms with Crippen molar-refractivity contribution in [2.24, 2.45) is 0 Å². The van der Waals surface area contributed by atoms with Crippen LogP contribution in [-0.2, 0) is 9.47 Å². The molecule has 0 atom stereocenters. The molecule has 1 aliphatic heterocycles. The van der Waals surface area contributed by atoms with Crippen molar-refractivity contribution in [2.45, 2.75) is 47.1 Å². The van der Waals surface area contributed by atoms with Crippen molar-refractivity contribution in [2.75, 3.05) is 38.2 Å². The zero-order valence-electron chi connectivity index (χ0n) is 21.7. The summed E-state index contributed by atoms with van der Waals surface area (Å²) in [5.74, 6) is -0.498. The molecule has 188 valence electrons. The molecule has 9 heteroatoms. The second kappa shape index (κ2) is 10.8. The highest BCUT2D eigenvalue weighted by Crippen LogP contribution is 2.28. The molecule has 0 radical (unpaired) electrons. The van der Waals surface area contributed by atoms with Crippen LogP contribution in [0, 0.1) is 6.92 Å². The standard InChI is InChI=1S/C24H29N5O4.C2H6/c1-16-15-25-20-14-19(21(22(30)32-5)26-29(16)20)17-6-8-18(9-7-17)27-10-12-28(13-11-27)23(31)33-24(2,3)4;1-2/h6-9,14-15H,10-13H2,1-5H3;1-2H3. The van der Waals surface area contributed by atoms with Crippen LogP contribution in [0.15, 0.2) is 36.5 Å². The number of aromatic nitrogens is 3. The number of piperazine rings is 1. The molecule has 4 rings (SSSR count). The zero-order chi connectivity index (χ0) is 25.8. The normalized spacial score (nSPS) is 13.8. The highest BCUT2D eigenvalue weighted by molar-refractivity contribution is 5.95. The van der Waals surface area contributed by atoms with Gasteiger partial charge in [0.25, 0.3) is 0 Å². The van der Waals surface area contributed by atoms with Crippen LogP contribution < -0.4 is 4.90 Å². The van der Waals surface area contributed by atoms with E-state index < -0.39 is 11.6 Å². The van der Waals surface area contributed by atoms with Crippen LogP contribution >= 0.6 is 0 Å². The van der Waals surface area contributed by atoms with Gasteiger partial charge >= 0.3 is 12.1 Å². The molecule has 3 heterocycles. The fourth-order valence-electron chi connectivity index (χ4n) is 3.82. The minimum atomic E-state index is -0.500. The molecule has 0 aliphatic carbocycles. The molecule has 1 fully saturated rings. The Kier molecular flexibility index (Phi) is 7.99. The maximum Gasteiger partial charge on any atom is 0.410 e. The van der Waals surface area contributed by atoms with Gasteiger partial charge in [-0.3, -0.25) is 0 Å². The van der Waals surface area contributed by atoms with E-state index in [9.17, 15) is 9.59 Å². The first-order valence-electron chi connectivity index (χ1n) is 11.9. The molecule has 35 heavy (non-hydrogen) atoms. The van der Waals surface area contributed by atoms with E-state index in [2.05, 4.69) is 15.0 Å². The maximum atomic E-state index is 12.4. The van der Waals surface area contributed by atoms with Gasteiger partial charge in [-0.1, -0.05) is 26.0 Å². The number of benzene rings is 1. The van der Waals surface area contributed by atoms with Gasteiger partial charge in [-0.25, -0.2) is 19.1 Å². The molecule has 0 saturated carbocycles. The van der Waals surface area contributed by atoms with Crippen molar-refractivity contribution < 1.29 is 19.1 Å². The lowest BCUT2D eigenvalue weighted by Gasteiger charge is -2.36. The van der Waals surface area contributed by atoms with E-state index >= 15 is 0 Å². The number of carbonyl (C=O) groups excluding carboxylic acids is 2. The zero-order valence-corrected chi connectivity index (χ0v) is 21.7. The Labute approximate surface area is 206 Å². The summed E-state index contributed by atoms with van der Waals surface area (Å²) in [4.78, 5) is 33.0. The number of methoxy groups -OCH3 is 1. The van der Waals surface area contributed by atoms with E-state index in [1.807, 2.05) is 71.9 Å². The average molecular weight is 482 g/mol. The highest BCUT2D eigenvalue weighted by Gasteiger charge is 2.26. The summed E-state index contributed by atoms with van der Waals surface area (Å²) in [6.45, 7) is 14.1. The van der Waals surface area contributed by atoms with E-state index in [1.165, 1.54) is 7.11 Å². The Bertz CT molecular complexity index is 1170. The Balaban J connectivity index is 0.00000167. The Morgan fingerprint density at radius 3 is 2.20 bits per heavy atom. The number of hydrogen-bond donors (Lipinski definition) is 0. The van der Waals surface area contributed by atoms with E-state index in [0.29, 0.717) is 37.4 Å². The molecule has 0 bridgehead atoms. The summed E-state index contributed by atoms with van der Waals surface area (Å²) in [7, 11) is 1.35. The summed E-state index contributed by atoms with van der Waals surface area (Å²) < 4.78 is 12.1. The summed E-state index contributed by atoms with van der Waals surface area (Å²) in [6.07, 6.45) is 1.44. The number of aryl methyl sites for hydroxylation is 1. The van der Waals surface area contributed by atoms with Gasteiger partial charge in [0, 0.05) is 37.4 Å². The number of fused-ring (bicyclic) bond motifs is 1. The highest BCUT2D eigenvalue weighted by atomic mass is 16.6. The predicted octanol–water partition coefficient (Wildman–Crippen LogP) is 4.57. The molecule has 3 aromatic rings. The monoisotopic (exact) mass is 481 g/mol. The first-order valence-corrected chi connectivity index (χ1v) is 11.9. The number of imidazole rings is 1. The number of esters is 1. The molecule has 1 saturated heterocycles. The summed E-state index contributed by atoms with van der Waals surface area (Å²) in [6, 6.07) is 9.80. The third-order valence-electron chi connectivity index (χ3n) is 5.52. The smallest absolute Gasteiger partial charge is 0.410 e. The molecule has 1 amide bonds. The van der Waals surface area contributed by atoms with Gasteiger partial charge in [-0.15, -0.1) is 0 Å². The second-order valence-corrected chi connectivity index (χ2v) is 9.07. The number of rotatable bonds is 3. The topological polar surface area (TPSA) is 89.3 Å². The molecular weight excluding hydrogens is 446 g/mol. The van der Waals surface area contributed by atoms with Gasteiger partial charge in [-0.2, -0.15) is 5.10 Å². The third-order valence-corrected chi connectivity index (χ3v) is 5.52. The third kappa shape index (κ3) is 5.90. The van der Waals surface area contributed by atoms with Crippen molar-refractivity contribution in [1.29, 1.82) is 0 Å². The molecule has 1 aromatic carbocycles. The summed E-state index contributed by atoms with van der Waals surface area (Å²) in [5.41, 5.74) is 3.81. The van der Waals surface area contributed by atoms with Crippen LogP contribution in [0.2, 0.25) is 0 Å². The maximum absolute atomic E-state index is 12.4. The Morgan fingerprint density at radius 1 is 1.00 bits per heavy atom. The van der Waals surface area contributed by atoms with Gasteiger partial charge in [0.2, 0.25) is 0 Å².